The Morgan fingerprint density at radius 1 is 1.60 bits per heavy atom. The second kappa shape index (κ2) is 3.35. The van der Waals surface area contributed by atoms with Crippen molar-refractivity contribution < 1.29 is 0 Å². The van der Waals surface area contributed by atoms with Crippen LogP contribution in [0, 0.1) is 0 Å². The van der Waals surface area contributed by atoms with E-state index in [0.717, 1.165) is 10.0 Å². The van der Waals surface area contributed by atoms with E-state index in [1.165, 1.54) is 0 Å². The quantitative estimate of drug-likeness (QED) is 0.629. The van der Waals surface area contributed by atoms with Crippen LogP contribution in [-0.4, -0.2) is 4.98 Å². The van der Waals surface area contributed by atoms with Gasteiger partial charge >= 0.3 is 0 Å². The van der Waals surface area contributed by atoms with Gasteiger partial charge in [0, 0.05) is 22.4 Å². The third-order valence-electron chi connectivity index (χ3n) is 0.995. The normalized spacial score (nSPS) is 8.50. The molecule has 1 nitrogen and oxygen atoms in total. The summed E-state index contributed by atoms with van der Waals surface area (Å²) >= 11 is 3.30. The Morgan fingerprint density at radius 2 is 2.40 bits per heavy atom. The van der Waals surface area contributed by atoms with Crippen LogP contribution in [0.2, 0.25) is 0 Å². The zero-order valence-electron chi connectivity index (χ0n) is 5.34. The highest BCUT2D eigenvalue weighted by atomic mass is 79.9. The lowest BCUT2D eigenvalue weighted by Crippen LogP contribution is -1.74. The van der Waals surface area contributed by atoms with E-state index in [-0.39, 0.29) is 0 Å². The molecule has 10 heavy (non-hydrogen) atoms. The lowest BCUT2D eigenvalue weighted by atomic mass is 10.3. The van der Waals surface area contributed by atoms with E-state index in [1.54, 1.807) is 18.5 Å². The topological polar surface area (TPSA) is 12.9 Å². The van der Waals surface area contributed by atoms with Gasteiger partial charge in [-0.25, -0.2) is 0 Å². The third kappa shape index (κ3) is 1.83. The Bertz CT molecular complexity index is 274. The average Bonchev–Trinajstić information content (AvgIpc) is 1.88. The Kier molecular flexibility index (Phi) is 2.43. The largest absolute Gasteiger partial charge is 0.263 e. The van der Waals surface area contributed by atoms with Gasteiger partial charge in [-0.1, -0.05) is 6.58 Å². The Morgan fingerprint density at radius 3 is 3.00 bits per heavy atom. The van der Waals surface area contributed by atoms with Gasteiger partial charge in [-0.3, -0.25) is 4.98 Å². The summed E-state index contributed by atoms with van der Waals surface area (Å²) in [5.74, 6) is 0. The molecule has 0 bridgehead atoms. The van der Waals surface area contributed by atoms with E-state index in [9.17, 15) is 0 Å². The van der Waals surface area contributed by atoms with E-state index >= 15 is 0 Å². The molecule has 0 aliphatic rings. The van der Waals surface area contributed by atoms with Gasteiger partial charge in [-0.05, 0) is 28.1 Å². The fraction of sp³-hybridized carbons (Fsp3) is 0. The number of rotatable bonds is 1. The molecule has 0 atom stereocenters. The van der Waals surface area contributed by atoms with Crippen molar-refractivity contribution in [3.8, 4) is 0 Å². The molecule has 0 unspecified atom stereocenters. The van der Waals surface area contributed by atoms with E-state index in [2.05, 4.69) is 33.2 Å². The highest BCUT2D eigenvalue weighted by Gasteiger charge is 1.86. The number of aromatic nitrogens is 1. The molecule has 50 valence electrons. The van der Waals surface area contributed by atoms with Crippen molar-refractivity contribution in [3.05, 3.63) is 40.8 Å². The number of pyridine rings is 1. The van der Waals surface area contributed by atoms with E-state index in [4.69, 9.17) is 0 Å². The first kappa shape index (κ1) is 7.26. The molecule has 0 fully saturated rings. The summed E-state index contributed by atoms with van der Waals surface area (Å²) in [5, 5.41) is 0. The molecule has 0 radical (unpaired) electrons. The predicted molar refractivity (Wildman–Crippen MR) is 45.5 cm³/mol. The van der Waals surface area contributed by atoms with Crippen molar-refractivity contribution in [1.29, 1.82) is 0 Å². The van der Waals surface area contributed by atoms with Crippen molar-refractivity contribution in [2.24, 2.45) is 0 Å². The average molecular weight is 196 g/mol. The van der Waals surface area contributed by atoms with Crippen LogP contribution in [0.15, 0.2) is 35.2 Å². The van der Waals surface area contributed by atoms with Crippen molar-refractivity contribution >= 4 is 22.0 Å². The predicted octanol–water partition coefficient (Wildman–Crippen LogP) is 2.64. The molecule has 0 amide bonds. The second-order valence-electron chi connectivity index (χ2n) is 1.78. The molecule has 0 spiro atoms. The van der Waals surface area contributed by atoms with Gasteiger partial charge in [0.05, 0.1) is 0 Å². The van der Waals surface area contributed by atoms with E-state index in [0.29, 0.717) is 0 Å². The number of hydrogen-bond donors (Lipinski definition) is 0. The maximum atomic E-state index is 3.96. The summed E-state index contributed by atoms with van der Waals surface area (Å²) in [6.07, 6.45) is 5.27. The first-order chi connectivity index (χ1) is 4.83. The first-order valence-electron chi connectivity index (χ1n) is 2.79. The zero-order valence-corrected chi connectivity index (χ0v) is 6.93. The maximum absolute atomic E-state index is 3.96. The highest BCUT2D eigenvalue weighted by Crippen LogP contribution is 2.09. The zero-order chi connectivity index (χ0) is 7.40. The molecule has 0 aliphatic heterocycles. The Balaban J connectivity index is 3.06. The van der Waals surface area contributed by atoms with Gasteiger partial charge in [0.1, 0.15) is 0 Å². The van der Waals surface area contributed by atoms with Gasteiger partial charge < -0.3 is 0 Å². The monoisotopic (exact) mass is 195 g/mol. The smallest absolute Gasteiger partial charge is 0.0410 e. The summed E-state index contributed by atoms with van der Waals surface area (Å²) in [7, 11) is 0. The molecule has 0 aromatic carbocycles. The van der Waals surface area contributed by atoms with Crippen LogP contribution >= 0.6 is 15.9 Å². The molecule has 1 aromatic heterocycles. The summed E-state index contributed by atoms with van der Waals surface area (Å²) in [4.78, 5) is 3.96. The molecule has 0 N–H and O–H groups in total. The van der Waals surface area contributed by atoms with Gasteiger partial charge in [-0.15, -0.1) is 5.73 Å². The first-order valence-corrected chi connectivity index (χ1v) is 3.58. The van der Waals surface area contributed by atoms with Crippen LogP contribution in [-0.2, 0) is 0 Å². The van der Waals surface area contributed by atoms with Crippen LogP contribution < -0.4 is 0 Å². The van der Waals surface area contributed by atoms with Gasteiger partial charge in [0.15, 0.2) is 0 Å². The number of halogens is 1. The Labute approximate surface area is 68.2 Å². The van der Waals surface area contributed by atoms with Crippen molar-refractivity contribution in [3.63, 3.8) is 0 Å². The molecule has 0 aliphatic carbocycles. The summed E-state index contributed by atoms with van der Waals surface area (Å²) in [5.41, 5.74) is 3.68. The maximum Gasteiger partial charge on any atom is 0.0410 e. The molecule has 2 heteroatoms. The highest BCUT2D eigenvalue weighted by molar-refractivity contribution is 9.10. The number of hydrogen-bond acceptors (Lipinski definition) is 1. The van der Waals surface area contributed by atoms with Crippen LogP contribution in [0.25, 0.3) is 6.08 Å². The van der Waals surface area contributed by atoms with E-state index < -0.39 is 0 Å². The fourth-order valence-corrected chi connectivity index (χ4v) is 1.01. The molecule has 1 rings (SSSR count). The van der Waals surface area contributed by atoms with E-state index in [1.807, 2.05) is 6.07 Å². The minimum absolute atomic E-state index is 0.969. The van der Waals surface area contributed by atoms with Crippen LogP contribution in [0.5, 0.6) is 0 Å². The molecular formula is C8H6BrN. The van der Waals surface area contributed by atoms with Crippen molar-refractivity contribution in [1.82, 2.24) is 4.98 Å². The third-order valence-corrected chi connectivity index (χ3v) is 1.43. The van der Waals surface area contributed by atoms with Crippen LogP contribution in [0.4, 0.5) is 0 Å². The van der Waals surface area contributed by atoms with Crippen molar-refractivity contribution in [2.75, 3.05) is 0 Å². The molecule has 0 saturated carbocycles. The fourth-order valence-electron chi connectivity index (χ4n) is 0.625. The standard InChI is InChI=1S/C8H6BrN/c1-2-3-7-4-8(9)6-10-5-7/h3-6H,1H2. The van der Waals surface area contributed by atoms with Crippen LogP contribution in [0.1, 0.15) is 5.56 Å². The SMILES string of the molecule is C=C=Cc1cncc(Br)c1. The number of nitrogens with zero attached hydrogens (tertiary/aromatic N) is 1. The van der Waals surface area contributed by atoms with Gasteiger partial charge in [-0.2, -0.15) is 0 Å². The lowest BCUT2D eigenvalue weighted by molar-refractivity contribution is 1.30. The summed E-state index contributed by atoms with van der Waals surface area (Å²) in [6, 6.07) is 1.95. The molecule has 1 heterocycles. The second-order valence-corrected chi connectivity index (χ2v) is 2.70. The lowest BCUT2D eigenvalue weighted by Gasteiger charge is -1.89. The van der Waals surface area contributed by atoms with Gasteiger partial charge in [0.2, 0.25) is 0 Å². The minimum Gasteiger partial charge on any atom is -0.263 e. The summed E-state index contributed by atoms with van der Waals surface area (Å²) < 4.78 is 0.969. The van der Waals surface area contributed by atoms with Crippen molar-refractivity contribution in [2.45, 2.75) is 0 Å². The minimum atomic E-state index is 0.969. The van der Waals surface area contributed by atoms with Crippen LogP contribution in [0.3, 0.4) is 0 Å². The summed E-state index contributed by atoms with van der Waals surface area (Å²) in [6.45, 7) is 3.46. The molecule has 1 aromatic rings. The van der Waals surface area contributed by atoms with Gasteiger partial charge in [0.25, 0.3) is 0 Å². The molecular weight excluding hydrogens is 190 g/mol. The molecule has 0 saturated heterocycles. The Hall–Kier alpha value is -0.850.